The molecular weight excluding hydrogens is 250 g/mol. The molecule has 0 amide bonds. The Bertz CT molecular complexity index is 612. The van der Waals surface area contributed by atoms with E-state index in [-0.39, 0.29) is 0 Å². The average Bonchev–Trinajstić information content (AvgIpc) is 2.49. The smallest absolute Gasteiger partial charge is 0.213 e. The first kappa shape index (κ1) is 12.8. The van der Waals surface area contributed by atoms with Crippen molar-refractivity contribution in [1.82, 2.24) is 4.98 Å². The third-order valence-corrected chi connectivity index (χ3v) is 3.73. The quantitative estimate of drug-likeness (QED) is 0.870. The summed E-state index contributed by atoms with van der Waals surface area (Å²) in [5.74, 6) is 0.660. The summed E-state index contributed by atoms with van der Waals surface area (Å²) in [5, 5.41) is 0. The molecule has 2 heterocycles. The van der Waals surface area contributed by atoms with E-state index < -0.39 is 0 Å². The lowest BCUT2D eigenvalue weighted by atomic mass is 10.00. The lowest BCUT2D eigenvalue weighted by Crippen LogP contribution is -2.29. The third-order valence-electron chi connectivity index (χ3n) is 3.73. The normalized spacial score (nSPS) is 13.9. The molecule has 0 radical (unpaired) electrons. The highest BCUT2D eigenvalue weighted by molar-refractivity contribution is 5.66. The molecular formula is C16H19N3O. The number of aromatic nitrogens is 1. The van der Waals surface area contributed by atoms with Crippen LogP contribution < -0.4 is 15.4 Å². The zero-order chi connectivity index (χ0) is 13.9. The van der Waals surface area contributed by atoms with E-state index in [4.69, 9.17) is 10.5 Å². The Labute approximate surface area is 119 Å². The number of hydrogen-bond acceptors (Lipinski definition) is 4. The summed E-state index contributed by atoms with van der Waals surface area (Å²) in [6.07, 6.45) is 2.19. The molecule has 0 atom stereocenters. The molecule has 104 valence electrons. The SMILES string of the molecule is COc1cccc(CN2CCCc3c(N)cccc32)n1. The molecule has 0 spiro atoms. The van der Waals surface area contributed by atoms with Crippen LogP contribution >= 0.6 is 0 Å². The maximum absolute atomic E-state index is 6.08. The molecule has 1 aliphatic heterocycles. The summed E-state index contributed by atoms with van der Waals surface area (Å²) in [5.41, 5.74) is 10.5. The average molecular weight is 269 g/mol. The van der Waals surface area contributed by atoms with Crippen LogP contribution in [0, 0.1) is 0 Å². The number of nitrogen functional groups attached to an aromatic ring is 1. The Hall–Kier alpha value is -2.23. The van der Waals surface area contributed by atoms with Crippen LogP contribution in [0.1, 0.15) is 17.7 Å². The standard InChI is InChI=1S/C16H19N3O/c1-20-16-9-2-5-12(18-16)11-19-10-4-6-13-14(17)7-3-8-15(13)19/h2-3,5,7-9H,4,6,10-11,17H2,1H3. The van der Waals surface area contributed by atoms with Gasteiger partial charge in [0.05, 0.1) is 19.3 Å². The molecule has 0 bridgehead atoms. The number of nitrogens with zero attached hydrogens (tertiary/aromatic N) is 2. The van der Waals surface area contributed by atoms with Crippen LogP contribution in [0.25, 0.3) is 0 Å². The first-order valence-electron chi connectivity index (χ1n) is 6.90. The number of pyridine rings is 1. The second kappa shape index (κ2) is 5.41. The number of hydrogen-bond donors (Lipinski definition) is 1. The molecule has 0 saturated carbocycles. The fourth-order valence-electron chi connectivity index (χ4n) is 2.75. The zero-order valence-electron chi connectivity index (χ0n) is 11.7. The summed E-state index contributed by atoms with van der Waals surface area (Å²) in [6, 6.07) is 12.0. The van der Waals surface area contributed by atoms with Crippen molar-refractivity contribution in [3.63, 3.8) is 0 Å². The van der Waals surface area contributed by atoms with E-state index in [0.29, 0.717) is 5.88 Å². The van der Waals surface area contributed by atoms with Gasteiger partial charge in [-0.2, -0.15) is 0 Å². The number of ether oxygens (including phenoxy) is 1. The van der Waals surface area contributed by atoms with Gasteiger partial charge in [0, 0.05) is 24.0 Å². The summed E-state index contributed by atoms with van der Waals surface area (Å²) < 4.78 is 5.18. The van der Waals surface area contributed by atoms with E-state index in [1.165, 1.54) is 11.3 Å². The molecule has 3 rings (SSSR count). The minimum Gasteiger partial charge on any atom is -0.481 e. The van der Waals surface area contributed by atoms with Crippen molar-refractivity contribution in [2.75, 3.05) is 24.3 Å². The van der Waals surface area contributed by atoms with Gasteiger partial charge in [-0.25, -0.2) is 4.98 Å². The Morgan fingerprint density at radius 3 is 2.95 bits per heavy atom. The minimum atomic E-state index is 0.660. The number of benzene rings is 1. The minimum absolute atomic E-state index is 0.660. The van der Waals surface area contributed by atoms with Gasteiger partial charge in [-0.15, -0.1) is 0 Å². The Balaban J connectivity index is 1.87. The van der Waals surface area contributed by atoms with Gasteiger partial charge in [0.25, 0.3) is 0 Å². The Morgan fingerprint density at radius 2 is 2.10 bits per heavy atom. The van der Waals surface area contributed by atoms with Gasteiger partial charge >= 0.3 is 0 Å². The van der Waals surface area contributed by atoms with Crippen molar-refractivity contribution in [2.45, 2.75) is 19.4 Å². The predicted octanol–water partition coefficient (Wildman–Crippen LogP) is 2.63. The molecule has 1 aromatic heterocycles. The van der Waals surface area contributed by atoms with Gasteiger partial charge in [-0.1, -0.05) is 12.1 Å². The van der Waals surface area contributed by atoms with Gasteiger partial charge < -0.3 is 15.4 Å². The number of anilines is 2. The number of fused-ring (bicyclic) bond motifs is 1. The Kier molecular flexibility index (Phi) is 3.46. The lowest BCUT2D eigenvalue weighted by molar-refractivity contribution is 0.396. The van der Waals surface area contributed by atoms with E-state index in [2.05, 4.69) is 16.0 Å². The lowest BCUT2D eigenvalue weighted by Gasteiger charge is -2.31. The maximum Gasteiger partial charge on any atom is 0.213 e. The van der Waals surface area contributed by atoms with E-state index in [0.717, 1.165) is 37.3 Å². The van der Waals surface area contributed by atoms with Crippen LogP contribution in [0.4, 0.5) is 11.4 Å². The molecule has 0 aliphatic carbocycles. The molecule has 0 unspecified atom stereocenters. The Morgan fingerprint density at radius 1 is 1.25 bits per heavy atom. The fourth-order valence-corrected chi connectivity index (χ4v) is 2.75. The first-order chi connectivity index (χ1) is 9.78. The second-order valence-corrected chi connectivity index (χ2v) is 5.04. The van der Waals surface area contributed by atoms with Crippen LogP contribution in [-0.4, -0.2) is 18.6 Å². The predicted molar refractivity (Wildman–Crippen MR) is 81.0 cm³/mol. The van der Waals surface area contributed by atoms with Crippen molar-refractivity contribution < 1.29 is 4.74 Å². The van der Waals surface area contributed by atoms with Crippen molar-refractivity contribution in [3.05, 3.63) is 47.7 Å². The molecule has 20 heavy (non-hydrogen) atoms. The van der Waals surface area contributed by atoms with Crippen LogP contribution in [0.15, 0.2) is 36.4 Å². The highest BCUT2D eigenvalue weighted by Crippen LogP contribution is 2.32. The third kappa shape index (κ3) is 2.41. The molecule has 0 saturated heterocycles. The molecule has 1 aliphatic rings. The van der Waals surface area contributed by atoms with E-state index in [9.17, 15) is 0 Å². The van der Waals surface area contributed by atoms with E-state index >= 15 is 0 Å². The number of methoxy groups -OCH3 is 1. The summed E-state index contributed by atoms with van der Waals surface area (Å²) >= 11 is 0. The summed E-state index contributed by atoms with van der Waals surface area (Å²) in [7, 11) is 1.64. The fraction of sp³-hybridized carbons (Fsp3) is 0.312. The maximum atomic E-state index is 6.08. The molecule has 2 aromatic rings. The number of rotatable bonds is 3. The zero-order valence-corrected chi connectivity index (χ0v) is 11.7. The highest BCUT2D eigenvalue weighted by atomic mass is 16.5. The first-order valence-corrected chi connectivity index (χ1v) is 6.90. The molecule has 1 aromatic carbocycles. The van der Waals surface area contributed by atoms with Gasteiger partial charge in [0.1, 0.15) is 0 Å². The van der Waals surface area contributed by atoms with E-state index in [1.807, 2.05) is 30.3 Å². The van der Waals surface area contributed by atoms with Crippen LogP contribution in [-0.2, 0) is 13.0 Å². The van der Waals surface area contributed by atoms with Gasteiger partial charge in [-0.3, -0.25) is 0 Å². The summed E-state index contributed by atoms with van der Waals surface area (Å²) in [4.78, 5) is 6.83. The summed E-state index contributed by atoms with van der Waals surface area (Å²) in [6.45, 7) is 1.82. The molecule has 0 fully saturated rings. The van der Waals surface area contributed by atoms with Crippen molar-refractivity contribution >= 4 is 11.4 Å². The van der Waals surface area contributed by atoms with Gasteiger partial charge in [0.15, 0.2) is 0 Å². The van der Waals surface area contributed by atoms with Crippen LogP contribution in [0.2, 0.25) is 0 Å². The molecule has 2 N–H and O–H groups in total. The molecule has 4 nitrogen and oxygen atoms in total. The van der Waals surface area contributed by atoms with Gasteiger partial charge in [-0.05, 0) is 36.6 Å². The largest absolute Gasteiger partial charge is 0.481 e. The van der Waals surface area contributed by atoms with Crippen LogP contribution in [0.3, 0.4) is 0 Å². The van der Waals surface area contributed by atoms with Crippen molar-refractivity contribution in [1.29, 1.82) is 0 Å². The van der Waals surface area contributed by atoms with Crippen molar-refractivity contribution in [2.24, 2.45) is 0 Å². The van der Waals surface area contributed by atoms with Gasteiger partial charge in [0.2, 0.25) is 5.88 Å². The highest BCUT2D eigenvalue weighted by Gasteiger charge is 2.19. The van der Waals surface area contributed by atoms with E-state index in [1.54, 1.807) is 7.11 Å². The molecule has 4 heteroatoms. The second-order valence-electron chi connectivity index (χ2n) is 5.04. The van der Waals surface area contributed by atoms with Crippen molar-refractivity contribution in [3.8, 4) is 5.88 Å². The topological polar surface area (TPSA) is 51.4 Å². The monoisotopic (exact) mass is 269 g/mol. The number of nitrogens with two attached hydrogens (primary N) is 1. The van der Waals surface area contributed by atoms with Crippen LogP contribution in [0.5, 0.6) is 5.88 Å².